The van der Waals surface area contributed by atoms with Crippen LogP contribution in [0, 0.1) is 0 Å². The fourth-order valence-electron chi connectivity index (χ4n) is 0.914. The molecule has 0 unspecified atom stereocenters. The molecule has 80 valence electrons. The van der Waals surface area contributed by atoms with E-state index in [-0.39, 0.29) is 11.3 Å². The molecule has 1 heterocycles. The van der Waals surface area contributed by atoms with Gasteiger partial charge in [-0.25, -0.2) is 0 Å². The van der Waals surface area contributed by atoms with Crippen LogP contribution in [0.5, 0.6) is 0 Å². The molecule has 0 aromatic carbocycles. The van der Waals surface area contributed by atoms with Crippen LogP contribution in [0.2, 0.25) is 0 Å². The predicted molar refractivity (Wildman–Crippen MR) is 51.5 cm³/mol. The first-order valence-electron chi connectivity index (χ1n) is 4.33. The Hall–Kier alpha value is -1.19. The zero-order valence-corrected chi connectivity index (χ0v) is 8.50. The molecular formula is C10H14F3N. The molecule has 1 N–H and O–H groups in total. The van der Waals surface area contributed by atoms with Crippen LogP contribution in [-0.4, -0.2) is 6.18 Å². The molecule has 0 atom stereocenters. The average molecular weight is 205 g/mol. The van der Waals surface area contributed by atoms with E-state index in [1.165, 1.54) is 13.1 Å². The zero-order chi connectivity index (χ0) is 11.4. The number of allylic oxidation sites excluding steroid dienone is 3. The van der Waals surface area contributed by atoms with Crippen LogP contribution < -0.4 is 5.32 Å². The normalized spacial score (nSPS) is 16.0. The van der Waals surface area contributed by atoms with Crippen molar-refractivity contribution < 1.29 is 13.2 Å². The van der Waals surface area contributed by atoms with Crippen LogP contribution in [0.4, 0.5) is 13.2 Å². The Kier molecular flexibility index (Phi) is 4.47. The van der Waals surface area contributed by atoms with Gasteiger partial charge in [0, 0.05) is 11.9 Å². The van der Waals surface area contributed by atoms with Crippen molar-refractivity contribution in [2.24, 2.45) is 0 Å². The second kappa shape index (κ2) is 4.88. The molecule has 0 amide bonds. The van der Waals surface area contributed by atoms with E-state index in [4.69, 9.17) is 0 Å². The van der Waals surface area contributed by atoms with Gasteiger partial charge in [-0.2, -0.15) is 13.2 Å². The smallest absolute Gasteiger partial charge is 0.362 e. The molecule has 1 aliphatic heterocycles. The maximum atomic E-state index is 12.2. The quantitative estimate of drug-likeness (QED) is 0.638. The first-order valence-corrected chi connectivity index (χ1v) is 4.33. The summed E-state index contributed by atoms with van der Waals surface area (Å²) in [5.41, 5.74) is -0.200. The summed E-state index contributed by atoms with van der Waals surface area (Å²) < 4.78 is 36.6. The van der Waals surface area contributed by atoms with E-state index in [2.05, 4.69) is 11.9 Å². The van der Waals surface area contributed by atoms with Crippen molar-refractivity contribution in [3.8, 4) is 0 Å². The van der Waals surface area contributed by atoms with Crippen LogP contribution in [-0.2, 0) is 0 Å². The minimum atomic E-state index is -4.29. The summed E-state index contributed by atoms with van der Waals surface area (Å²) in [6.07, 6.45) is -1.99. The van der Waals surface area contributed by atoms with E-state index in [9.17, 15) is 13.2 Å². The molecule has 1 aliphatic rings. The Morgan fingerprint density at radius 2 is 1.79 bits per heavy atom. The highest BCUT2D eigenvalue weighted by Gasteiger charge is 2.35. The third-order valence-corrected chi connectivity index (χ3v) is 1.52. The van der Waals surface area contributed by atoms with Gasteiger partial charge in [0.15, 0.2) is 0 Å². The first-order chi connectivity index (χ1) is 6.41. The number of dihydropyridines is 1. The number of alkyl halides is 3. The topological polar surface area (TPSA) is 12.0 Å². The Morgan fingerprint density at radius 3 is 2.14 bits per heavy atom. The van der Waals surface area contributed by atoms with Gasteiger partial charge in [0.25, 0.3) is 0 Å². The van der Waals surface area contributed by atoms with E-state index in [1.807, 2.05) is 13.8 Å². The molecule has 0 radical (unpaired) electrons. The van der Waals surface area contributed by atoms with Gasteiger partial charge in [-0.15, -0.1) is 0 Å². The fourth-order valence-corrected chi connectivity index (χ4v) is 0.914. The van der Waals surface area contributed by atoms with Gasteiger partial charge in [-0.1, -0.05) is 20.4 Å². The molecule has 0 fully saturated rings. The van der Waals surface area contributed by atoms with Crippen molar-refractivity contribution in [1.82, 2.24) is 5.32 Å². The summed E-state index contributed by atoms with van der Waals surface area (Å²) in [7, 11) is 0. The summed E-state index contributed by atoms with van der Waals surface area (Å²) >= 11 is 0. The second-order valence-corrected chi connectivity index (χ2v) is 2.55. The van der Waals surface area contributed by atoms with Crippen LogP contribution in [0.15, 0.2) is 35.7 Å². The van der Waals surface area contributed by atoms with Crippen molar-refractivity contribution in [2.45, 2.75) is 26.9 Å². The first kappa shape index (κ1) is 12.8. The maximum absolute atomic E-state index is 12.2. The highest BCUT2D eigenvalue weighted by atomic mass is 19.4. The van der Waals surface area contributed by atoms with Gasteiger partial charge >= 0.3 is 6.18 Å². The van der Waals surface area contributed by atoms with Gasteiger partial charge in [0.1, 0.15) is 0 Å². The zero-order valence-electron chi connectivity index (χ0n) is 8.50. The molecule has 14 heavy (non-hydrogen) atoms. The maximum Gasteiger partial charge on any atom is 0.416 e. The van der Waals surface area contributed by atoms with E-state index < -0.39 is 11.7 Å². The van der Waals surface area contributed by atoms with Gasteiger partial charge in [-0.3, -0.25) is 0 Å². The highest BCUT2D eigenvalue weighted by Crippen LogP contribution is 2.32. The van der Waals surface area contributed by atoms with E-state index in [1.54, 1.807) is 0 Å². The summed E-state index contributed by atoms with van der Waals surface area (Å²) in [6, 6.07) is 0. The molecule has 0 aliphatic carbocycles. The number of halogens is 3. The Balaban J connectivity index is 0.000000791. The standard InChI is InChI=1S/C8H8F3N.C2H6/c1-5-4-12-6(2)3-7(5)8(9,10)11;1-2/h3-4,12H,2H2,1H3;1-2H3. The van der Waals surface area contributed by atoms with Crippen molar-refractivity contribution in [2.75, 3.05) is 0 Å². The second-order valence-electron chi connectivity index (χ2n) is 2.55. The number of hydrogen-bond acceptors (Lipinski definition) is 1. The minimum Gasteiger partial charge on any atom is -0.362 e. The van der Waals surface area contributed by atoms with Crippen molar-refractivity contribution in [3.63, 3.8) is 0 Å². The Morgan fingerprint density at radius 1 is 1.29 bits per heavy atom. The van der Waals surface area contributed by atoms with Crippen LogP contribution >= 0.6 is 0 Å². The molecule has 4 heteroatoms. The van der Waals surface area contributed by atoms with Gasteiger partial charge in [0.05, 0.1) is 5.57 Å². The Labute approximate surface area is 82.0 Å². The summed E-state index contributed by atoms with van der Waals surface area (Å²) in [5.74, 6) is 0. The third kappa shape index (κ3) is 3.28. The molecule has 0 spiro atoms. The molecule has 1 nitrogen and oxygen atoms in total. The molecule has 0 aromatic rings. The summed E-state index contributed by atoms with van der Waals surface area (Å²) in [6.45, 7) is 8.78. The van der Waals surface area contributed by atoms with Crippen LogP contribution in [0.1, 0.15) is 20.8 Å². The van der Waals surface area contributed by atoms with E-state index in [0.717, 1.165) is 6.08 Å². The van der Waals surface area contributed by atoms with Gasteiger partial charge in [-0.05, 0) is 18.6 Å². The van der Waals surface area contributed by atoms with Crippen LogP contribution in [0.3, 0.4) is 0 Å². The number of hydrogen-bond donors (Lipinski definition) is 1. The SMILES string of the molecule is C=C1C=C(C(F)(F)F)C(C)=CN1.CC. The largest absolute Gasteiger partial charge is 0.416 e. The lowest BCUT2D eigenvalue weighted by atomic mass is 10.1. The lowest BCUT2D eigenvalue weighted by Crippen LogP contribution is -2.19. The van der Waals surface area contributed by atoms with Crippen molar-refractivity contribution in [3.05, 3.63) is 35.7 Å². The average Bonchev–Trinajstić information content (AvgIpc) is 2.11. The number of nitrogens with one attached hydrogen (secondary N) is 1. The monoisotopic (exact) mass is 205 g/mol. The lowest BCUT2D eigenvalue weighted by Gasteiger charge is -2.17. The minimum absolute atomic E-state index is 0.176. The fraction of sp³-hybridized carbons (Fsp3) is 0.400. The van der Waals surface area contributed by atoms with Gasteiger partial charge < -0.3 is 5.32 Å². The highest BCUT2D eigenvalue weighted by molar-refractivity contribution is 5.42. The molecule has 0 bridgehead atoms. The van der Waals surface area contributed by atoms with Crippen LogP contribution in [0.25, 0.3) is 0 Å². The molecule has 0 saturated carbocycles. The molecule has 1 rings (SSSR count). The predicted octanol–water partition coefficient (Wildman–Crippen LogP) is 3.52. The van der Waals surface area contributed by atoms with E-state index >= 15 is 0 Å². The van der Waals surface area contributed by atoms with Crippen molar-refractivity contribution in [1.29, 1.82) is 0 Å². The molecule has 0 aromatic heterocycles. The molecule has 0 saturated heterocycles. The molecular weight excluding hydrogens is 191 g/mol. The Bertz CT molecular complexity index is 272. The van der Waals surface area contributed by atoms with Crippen molar-refractivity contribution >= 4 is 0 Å². The van der Waals surface area contributed by atoms with E-state index in [0.29, 0.717) is 0 Å². The summed E-state index contributed by atoms with van der Waals surface area (Å²) in [5, 5.41) is 2.60. The lowest BCUT2D eigenvalue weighted by molar-refractivity contribution is -0.0895. The van der Waals surface area contributed by atoms with Gasteiger partial charge in [0.2, 0.25) is 0 Å². The summed E-state index contributed by atoms with van der Waals surface area (Å²) in [4.78, 5) is 0. The number of rotatable bonds is 0. The third-order valence-electron chi connectivity index (χ3n) is 1.52.